The van der Waals surface area contributed by atoms with Gasteiger partial charge in [-0.3, -0.25) is 4.79 Å². The van der Waals surface area contributed by atoms with Gasteiger partial charge in [0, 0.05) is 13.1 Å². The number of carbonyl (C=O) groups is 1. The first-order valence-corrected chi connectivity index (χ1v) is 13.5. The van der Waals surface area contributed by atoms with Crippen LogP contribution in [-0.2, 0) is 14.8 Å². The predicted molar refractivity (Wildman–Crippen MR) is 131 cm³/mol. The van der Waals surface area contributed by atoms with Crippen LogP contribution in [0, 0.1) is 12.8 Å². The molecule has 1 saturated heterocycles. The van der Waals surface area contributed by atoms with E-state index in [1.807, 2.05) is 19.1 Å². The fraction of sp³-hybridized carbons (Fsp3) is 0.318. The van der Waals surface area contributed by atoms with Crippen molar-refractivity contribution in [2.75, 3.05) is 25.5 Å². The molecule has 8 nitrogen and oxygen atoms in total. The number of piperidine rings is 1. The number of aryl methyl sites for hydroxylation is 1. The summed E-state index contributed by atoms with van der Waals surface area (Å²) >= 11 is 3.03. The lowest BCUT2D eigenvalue weighted by Crippen LogP contribution is -2.43. The van der Waals surface area contributed by atoms with Crippen molar-refractivity contribution >= 4 is 64.2 Å². The van der Waals surface area contributed by atoms with E-state index in [9.17, 15) is 13.2 Å². The molecule has 2 aromatic carbocycles. The van der Waals surface area contributed by atoms with Gasteiger partial charge in [-0.1, -0.05) is 11.3 Å². The van der Waals surface area contributed by atoms with Crippen LogP contribution in [0.3, 0.4) is 0 Å². The van der Waals surface area contributed by atoms with E-state index in [2.05, 4.69) is 15.3 Å². The molecule has 11 heteroatoms. The van der Waals surface area contributed by atoms with Gasteiger partial charge >= 0.3 is 0 Å². The minimum absolute atomic E-state index is 0.142. The zero-order valence-corrected chi connectivity index (χ0v) is 20.5. The number of aromatic nitrogens is 2. The maximum absolute atomic E-state index is 13.1. The Morgan fingerprint density at radius 3 is 2.52 bits per heavy atom. The molecule has 1 atom stereocenters. The van der Waals surface area contributed by atoms with Crippen molar-refractivity contribution in [3.05, 3.63) is 41.4 Å². The fourth-order valence-corrected chi connectivity index (χ4v) is 7.55. The Hall–Kier alpha value is -2.60. The largest absolute Gasteiger partial charge is 0.497 e. The summed E-state index contributed by atoms with van der Waals surface area (Å²) in [6, 6.07) is 10.1. The highest BCUT2D eigenvalue weighted by atomic mass is 32.2. The third-order valence-electron chi connectivity index (χ3n) is 5.70. The van der Waals surface area contributed by atoms with Crippen molar-refractivity contribution in [1.82, 2.24) is 14.3 Å². The normalized spacial score (nSPS) is 17.5. The van der Waals surface area contributed by atoms with Gasteiger partial charge in [-0.05, 0) is 56.2 Å². The number of amides is 1. The van der Waals surface area contributed by atoms with Crippen LogP contribution in [0.1, 0.15) is 17.8 Å². The molecule has 1 N–H and O–H groups in total. The summed E-state index contributed by atoms with van der Waals surface area (Å²) in [6.07, 6.45) is 1.25. The predicted octanol–water partition coefficient (Wildman–Crippen LogP) is 4.26. The number of carbonyl (C=O) groups excluding carboxylic acids is 1. The molecule has 172 valence electrons. The number of rotatable bonds is 5. The maximum atomic E-state index is 13.1. The second-order valence-corrected chi connectivity index (χ2v) is 12.0. The highest BCUT2D eigenvalue weighted by Crippen LogP contribution is 2.36. The van der Waals surface area contributed by atoms with E-state index in [-0.39, 0.29) is 17.3 Å². The van der Waals surface area contributed by atoms with Crippen LogP contribution in [0.4, 0.5) is 5.13 Å². The third kappa shape index (κ3) is 4.21. The summed E-state index contributed by atoms with van der Waals surface area (Å²) in [6.45, 7) is 2.50. The Kier molecular flexibility index (Phi) is 5.81. The lowest BCUT2D eigenvalue weighted by molar-refractivity contribution is -0.120. The van der Waals surface area contributed by atoms with Gasteiger partial charge in [-0.25, -0.2) is 18.4 Å². The van der Waals surface area contributed by atoms with Gasteiger partial charge in [0.2, 0.25) is 15.9 Å². The number of hydrogen-bond acceptors (Lipinski definition) is 8. The molecule has 33 heavy (non-hydrogen) atoms. The molecule has 1 amide bonds. The third-order valence-corrected chi connectivity index (χ3v) is 9.72. The first kappa shape index (κ1) is 22.2. The lowest BCUT2D eigenvalue weighted by Gasteiger charge is -2.31. The van der Waals surface area contributed by atoms with Gasteiger partial charge in [-0.15, -0.1) is 11.3 Å². The molecular weight excluding hydrogens is 480 g/mol. The number of methoxy groups -OCH3 is 1. The van der Waals surface area contributed by atoms with Crippen LogP contribution >= 0.6 is 22.7 Å². The molecule has 1 aliphatic heterocycles. The minimum Gasteiger partial charge on any atom is -0.497 e. The molecular formula is C22H22N4O4S3. The second-order valence-electron chi connectivity index (χ2n) is 7.88. The van der Waals surface area contributed by atoms with E-state index >= 15 is 0 Å². The molecule has 4 aromatic rings. The lowest BCUT2D eigenvalue weighted by atomic mass is 9.99. The number of ether oxygens (including phenoxy) is 1. The van der Waals surface area contributed by atoms with Gasteiger partial charge in [0.05, 0.1) is 43.4 Å². The average Bonchev–Trinajstić information content (AvgIpc) is 3.41. The molecule has 1 unspecified atom stereocenters. The van der Waals surface area contributed by atoms with Gasteiger partial charge < -0.3 is 10.1 Å². The van der Waals surface area contributed by atoms with Crippen molar-refractivity contribution in [2.24, 2.45) is 5.92 Å². The Morgan fingerprint density at radius 1 is 1.09 bits per heavy atom. The number of thiazole rings is 2. The molecule has 0 aliphatic carbocycles. The number of sulfonamides is 1. The van der Waals surface area contributed by atoms with Crippen LogP contribution in [0.5, 0.6) is 5.75 Å². The molecule has 0 saturated carbocycles. The number of anilines is 1. The van der Waals surface area contributed by atoms with Crippen LogP contribution in [0.25, 0.3) is 20.4 Å². The van der Waals surface area contributed by atoms with E-state index < -0.39 is 15.9 Å². The number of nitrogens with one attached hydrogen (secondary N) is 1. The first-order chi connectivity index (χ1) is 15.8. The van der Waals surface area contributed by atoms with Gasteiger partial charge in [0.15, 0.2) is 5.13 Å². The average molecular weight is 503 g/mol. The van der Waals surface area contributed by atoms with E-state index in [0.717, 1.165) is 25.4 Å². The number of benzene rings is 2. The Balaban J connectivity index is 1.33. The molecule has 5 rings (SSSR count). The number of fused-ring (bicyclic) bond motifs is 3. The van der Waals surface area contributed by atoms with Crippen molar-refractivity contribution in [1.29, 1.82) is 0 Å². The molecule has 1 fully saturated rings. The monoisotopic (exact) mass is 502 g/mol. The zero-order chi connectivity index (χ0) is 23.2. The topological polar surface area (TPSA) is 101 Å². The van der Waals surface area contributed by atoms with Gasteiger partial charge in [-0.2, -0.15) is 4.31 Å². The minimum atomic E-state index is -3.69. The SMILES string of the molecule is COc1ccc(S(=O)(=O)N2CCCC(C(=O)Nc3nc4ccc5nc(C)sc5c4s3)C2)cc1. The van der Waals surface area contributed by atoms with Gasteiger partial charge in [0.25, 0.3) is 0 Å². The van der Waals surface area contributed by atoms with Crippen molar-refractivity contribution < 1.29 is 17.9 Å². The Labute approximate surface area is 199 Å². The van der Waals surface area contributed by atoms with Crippen LogP contribution in [0.15, 0.2) is 41.3 Å². The summed E-state index contributed by atoms with van der Waals surface area (Å²) in [5.74, 6) is -0.0590. The van der Waals surface area contributed by atoms with Crippen LogP contribution in [0.2, 0.25) is 0 Å². The zero-order valence-electron chi connectivity index (χ0n) is 18.1. The first-order valence-electron chi connectivity index (χ1n) is 10.5. The van der Waals surface area contributed by atoms with Crippen molar-refractivity contribution in [3.8, 4) is 5.75 Å². The van der Waals surface area contributed by atoms with E-state index in [1.54, 1.807) is 23.5 Å². The Bertz CT molecular complexity index is 1440. The summed E-state index contributed by atoms with van der Waals surface area (Å²) in [4.78, 5) is 22.3. The summed E-state index contributed by atoms with van der Waals surface area (Å²) in [5, 5.41) is 4.41. The number of nitrogens with zero attached hydrogens (tertiary/aromatic N) is 3. The molecule has 1 aliphatic rings. The summed E-state index contributed by atoms with van der Waals surface area (Å²) in [5.41, 5.74) is 1.75. The van der Waals surface area contributed by atoms with E-state index in [1.165, 1.54) is 34.9 Å². The van der Waals surface area contributed by atoms with Crippen LogP contribution < -0.4 is 10.1 Å². The van der Waals surface area contributed by atoms with Crippen molar-refractivity contribution in [2.45, 2.75) is 24.7 Å². The smallest absolute Gasteiger partial charge is 0.243 e. The fourth-order valence-electron chi connectivity index (χ4n) is 4.02. The second kappa shape index (κ2) is 8.64. The van der Waals surface area contributed by atoms with Crippen LogP contribution in [-0.4, -0.2) is 48.8 Å². The molecule has 0 bridgehead atoms. The Morgan fingerprint density at radius 2 is 1.79 bits per heavy atom. The molecule has 2 aromatic heterocycles. The van der Waals surface area contributed by atoms with Gasteiger partial charge in [0.1, 0.15) is 5.75 Å². The highest BCUT2D eigenvalue weighted by Gasteiger charge is 2.33. The van der Waals surface area contributed by atoms with E-state index in [4.69, 9.17) is 4.74 Å². The maximum Gasteiger partial charge on any atom is 0.243 e. The van der Waals surface area contributed by atoms with Crippen molar-refractivity contribution in [3.63, 3.8) is 0 Å². The molecule has 0 radical (unpaired) electrons. The standard InChI is InChI=1S/C22H22N4O4S3/c1-13-23-17-9-10-18-20(19(17)31-13)32-22(24-18)25-21(27)14-4-3-11-26(12-14)33(28,29)16-7-5-15(30-2)6-8-16/h5-10,14H,3-4,11-12H2,1-2H3,(H,24,25,27). The molecule has 3 heterocycles. The number of hydrogen-bond donors (Lipinski definition) is 1. The quantitative estimate of drug-likeness (QED) is 0.438. The summed E-state index contributed by atoms with van der Waals surface area (Å²) in [7, 11) is -2.16. The molecule has 0 spiro atoms. The highest BCUT2D eigenvalue weighted by molar-refractivity contribution is 7.89. The summed E-state index contributed by atoms with van der Waals surface area (Å²) < 4.78 is 34.8. The van der Waals surface area contributed by atoms with E-state index in [0.29, 0.717) is 30.3 Å².